The standard InChI is InChI=1S/C13H19NO5/c1-14(2)12(13(15)16)8-6-10(18-4)11(19-5)7-9(8)17-3/h6-7,12H,1-5H3,(H,15,16). The van der Waals surface area contributed by atoms with Crippen LogP contribution >= 0.6 is 0 Å². The second kappa shape index (κ2) is 6.29. The van der Waals surface area contributed by atoms with Crippen LogP contribution in [0.15, 0.2) is 12.1 Å². The largest absolute Gasteiger partial charge is 0.496 e. The van der Waals surface area contributed by atoms with Gasteiger partial charge in [0.1, 0.15) is 11.8 Å². The highest BCUT2D eigenvalue weighted by molar-refractivity contribution is 5.77. The second-order valence-electron chi connectivity index (χ2n) is 4.15. The third kappa shape index (κ3) is 3.08. The molecule has 0 radical (unpaired) electrons. The van der Waals surface area contributed by atoms with Crippen LogP contribution < -0.4 is 14.2 Å². The maximum Gasteiger partial charge on any atom is 0.325 e. The molecule has 1 N–H and O–H groups in total. The fraction of sp³-hybridized carbons (Fsp3) is 0.462. The molecule has 0 aromatic heterocycles. The van der Waals surface area contributed by atoms with Gasteiger partial charge >= 0.3 is 5.97 Å². The summed E-state index contributed by atoms with van der Waals surface area (Å²) >= 11 is 0. The van der Waals surface area contributed by atoms with Gasteiger partial charge in [-0.15, -0.1) is 0 Å². The number of carboxylic acid groups (broad SMARTS) is 1. The summed E-state index contributed by atoms with van der Waals surface area (Å²) in [5.41, 5.74) is 0.512. The van der Waals surface area contributed by atoms with E-state index in [0.29, 0.717) is 22.8 Å². The first-order chi connectivity index (χ1) is 8.96. The zero-order valence-corrected chi connectivity index (χ0v) is 11.8. The van der Waals surface area contributed by atoms with E-state index in [1.807, 2.05) is 0 Å². The number of rotatable bonds is 6. The Morgan fingerprint density at radius 2 is 1.53 bits per heavy atom. The minimum Gasteiger partial charge on any atom is -0.496 e. The Kier molecular flexibility index (Phi) is 5.00. The lowest BCUT2D eigenvalue weighted by Crippen LogP contribution is -2.27. The average Bonchev–Trinajstić information content (AvgIpc) is 2.37. The summed E-state index contributed by atoms with van der Waals surface area (Å²) in [5, 5.41) is 9.34. The van der Waals surface area contributed by atoms with Crippen LogP contribution in [0, 0.1) is 0 Å². The van der Waals surface area contributed by atoms with E-state index in [-0.39, 0.29) is 0 Å². The minimum atomic E-state index is -0.962. The van der Waals surface area contributed by atoms with Crippen LogP contribution in [0.1, 0.15) is 11.6 Å². The Morgan fingerprint density at radius 1 is 1.05 bits per heavy atom. The Bertz CT molecular complexity index is 459. The first kappa shape index (κ1) is 15.1. The molecule has 0 aliphatic rings. The Morgan fingerprint density at radius 3 is 1.89 bits per heavy atom. The van der Waals surface area contributed by atoms with Crippen molar-refractivity contribution in [1.29, 1.82) is 0 Å². The fourth-order valence-corrected chi connectivity index (χ4v) is 1.90. The highest BCUT2D eigenvalue weighted by Gasteiger charge is 2.27. The second-order valence-corrected chi connectivity index (χ2v) is 4.15. The van der Waals surface area contributed by atoms with Gasteiger partial charge in [0.05, 0.1) is 21.3 Å². The molecule has 1 aromatic rings. The quantitative estimate of drug-likeness (QED) is 0.842. The number of hydrogen-bond donors (Lipinski definition) is 1. The zero-order valence-electron chi connectivity index (χ0n) is 11.8. The van der Waals surface area contributed by atoms with Gasteiger partial charge in [0.15, 0.2) is 11.5 Å². The highest BCUT2D eigenvalue weighted by Crippen LogP contribution is 2.38. The van der Waals surface area contributed by atoms with Crippen molar-refractivity contribution in [2.75, 3.05) is 35.4 Å². The molecule has 1 atom stereocenters. The van der Waals surface area contributed by atoms with Gasteiger partial charge in [-0.2, -0.15) is 0 Å². The van der Waals surface area contributed by atoms with Crippen molar-refractivity contribution >= 4 is 5.97 Å². The van der Waals surface area contributed by atoms with Gasteiger partial charge in [0.25, 0.3) is 0 Å². The van der Waals surface area contributed by atoms with Gasteiger partial charge in [-0.25, -0.2) is 0 Å². The number of hydrogen-bond acceptors (Lipinski definition) is 5. The first-order valence-corrected chi connectivity index (χ1v) is 5.65. The summed E-state index contributed by atoms with van der Waals surface area (Å²) in [6, 6.07) is 2.42. The number of likely N-dealkylation sites (N-methyl/N-ethyl adjacent to an activating group) is 1. The van der Waals surface area contributed by atoms with Crippen molar-refractivity contribution in [3.05, 3.63) is 17.7 Å². The van der Waals surface area contributed by atoms with Gasteiger partial charge in [-0.05, 0) is 20.2 Å². The van der Waals surface area contributed by atoms with Gasteiger partial charge in [0, 0.05) is 11.6 Å². The zero-order chi connectivity index (χ0) is 14.6. The van der Waals surface area contributed by atoms with E-state index in [9.17, 15) is 9.90 Å². The van der Waals surface area contributed by atoms with Crippen LogP contribution in [0.25, 0.3) is 0 Å². The lowest BCUT2D eigenvalue weighted by atomic mass is 10.0. The average molecular weight is 269 g/mol. The van der Waals surface area contributed by atoms with Crippen LogP contribution in [-0.4, -0.2) is 51.4 Å². The number of methoxy groups -OCH3 is 3. The molecule has 0 heterocycles. The van der Waals surface area contributed by atoms with Gasteiger partial charge in [-0.1, -0.05) is 0 Å². The molecule has 0 saturated heterocycles. The molecule has 0 aliphatic heterocycles. The van der Waals surface area contributed by atoms with Crippen LogP contribution in [0.5, 0.6) is 17.2 Å². The van der Waals surface area contributed by atoms with Gasteiger partial charge in [-0.3, -0.25) is 9.69 Å². The molecule has 1 unspecified atom stereocenters. The molecule has 6 heteroatoms. The molecular formula is C13H19NO5. The molecule has 0 saturated carbocycles. The topological polar surface area (TPSA) is 68.2 Å². The van der Waals surface area contributed by atoms with Crippen LogP contribution in [-0.2, 0) is 4.79 Å². The third-order valence-electron chi connectivity index (χ3n) is 2.78. The smallest absolute Gasteiger partial charge is 0.325 e. The van der Waals surface area contributed by atoms with E-state index < -0.39 is 12.0 Å². The molecule has 1 rings (SSSR count). The summed E-state index contributed by atoms with van der Waals surface area (Å²) in [5.74, 6) is 0.437. The van der Waals surface area contributed by atoms with Crippen LogP contribution in [0.4, 0.5) is 0 Å². The van der Waals surface area contributed by atoms with Gasteiger partial charge in [0.2, 0.25) is 0 Å². The van der Waals surface area contributed by atoms with Crippen molar-refractivity contribution in [2.45, 2.75) is 6.04 Å². The summed E-state index contributed by atoms with van der Waals surface area (Å²) in [7, 11) is 7.88. The summed E-state index contributed by atoms with van der Waals surface area (Å²) in [6.45, 7) is 0. The molecular weight excluding hydrogens is 250 g/mol. The van der Waals surface area contributed by atoms with E-state index in [0.717, 1.165) is 0 Å². The molecule has 0 fully saturated rings. The molecule has 6 nitrogen and oxygen atoms in total. The number of carboxylic acids is 1. The summed E-state index contributed by atoms with van der Waals surface area (Å²) in [6.07, 6.45) is 0. The lowest BCUT2D eigenvalue weighted by molar-refractivity contribution is -0.142. The molecule has 0 spiro atoms. The number of nitrogens with zero attached hydrogens (tertiary/aromatic N) is 1. The predicted octanol–water partition coefficient (Wildman–Crippen LogP) is 1.40. The van der Waals surface area contributed by atoms with Crippen LogP contribution in [0.3, 0.4) is 0 Å². The molecule has 0 bridgehead atoms. The molecule has 0 aliphatic carbocycles. The number of aliphatic carboxylic acids is 1. The minimum absolute atomic E-state index is 0.443. The summed E-state index contributed by atoms with van der Waals surface area (Å²) in [4.78, 5) is 13.0. The third-order valence-corrected chi connectivity index (χ3v) is 2.78. The fourth-order valence-electron chi connectivity index (χ4n) is 1.90. The summed E-state index contributed by atoms with van der Waals surface area (Å²) < 4.78 is 15.6. The Labute approximate surface area is 112 Å². The van der Waals surface area contributed by atoms with Crippen molar-refractivity contribution in [1.82, 2.24) is 4.90 Å². The molecule has 19 heavy (non-hydrogen) atoms. The monoisotopic (exact) mass is 269 g/mol. The van der Waals surface area contributed by atoms with E-state index in [4.69, 9.17) is 14.2 Å². The van der Waals surface area contributed by atoms with Crippen molar-refractivity contribution in [2.24, 2.45) is 0 Å². The first-order valence-electron chi connectivity index (χ1n) is 5.65. The highest BCUT2D eigenvalue weighted by atomic mass is 16.5. The van der Waals surface area contributed by atoms with Crippen molar-refractivity contribution in [3.8, 4) is 17.2 Å². The predicted molar refractivity (Wildman–Crippen MR) is 70.2 cm³/mol. The Hall–Kier alpha value is -1.95. The van der Waals surface area contributed by atoms with Gasteiger partial charge < -0.3 is 19.3 Å². The normalized spacial score (nSPS) is 12.1. The number of carbonyl (C=O) groups is 1. The van der Waals surface area contributed by atoms with E-state index in [1.54, 1.807) is 31.1 Å². The van der Waals surface area contributed by atoms with Crippen LogP contribution in [0.2, 0.25) is 0 Å². The molecule has 1 aromatic carbocycles. The lowest BCUT2D eigenvalue weighted by Gasteiger charge is -2.23. The van der Waals surface area contributed by atoms with E-state index in [1.165, 1.54) is 21.3 Å². The van der Waals surface area contributed by atoms with Crippen molar-refractivity contribution < 1.29 is 24.1 Å². The van der Waals surface area contributed by atoms with E-state index in [2.05, 4.69) is 0 Å². The maximum atomic E-state index is 11.4. The SMILES string of the molecule is COc1cc(OC)c(C(C(=O)O)N(C)C)cc1OC. The van der Waals surface area contributed by atoms with E-state index >= 15 is 0 Å². The Balaban J connectivity index is 3.43. The number of ether oxygens (including phenoxy) is 3. The number of benzene rings is 1. The molecule has 106 valence electrons. The molecule has 0 amide bonds. The van der Waals surface area contributed by atoms with Crippen molar-refractivity contribution in [3.63, 3.8) is 0 Å². The maximum absolute atomic E-state index is 11.4.